The summed E-state index contributed by atoms with van der Waals surface area (Å²) in [6.45, 7) is 10.3. The maximum absolute atomic E-state index is 15.4. The van der Waals surface area contributed by atoms with Crippen molar-refractivity contribution in [3.05, 3.63) is 46.5 Å². The number of ether oxygens (including phenoxy) is 1. The lowest BCUT2D eigenvalue weighted by Crippen LogP contribution is -2.52. The maximum atomic E-state index is 15.4. The third-order valence-corrected chi connectivity index (χ3v) is 5.66. The van der Waals surface area contributed by atoms with Gasteiger partial charge in [-0.25, -0.2) is 8.78 Å². The summed E-state index contributed by atoms with van der Waals surface area (Å²) in [4.78, 5) is 0. The Morgan fingerprint density at radius 2 is 1.78 bits per heavy atom. The van der Waals surface area contributed by atoms with Crippen LogP contribution in [0.25, 0.3) is 0 Å². The highest BCUT2D eigenvalue weighted by Crippen LogP contribution is 2.38. The first-order valence-electron chi connectivity index (χ1n) is 7.95. The van der Waals surface area contributed by atoms with Crippen LogP contribution in [-0.2, 0) is 16.1 Å². The Labute approximate surface area is 168 Å². The fourth-order valence-corrected chi connectivity index (χ4v) is 2.85. The number of nitrogens with zero attached hydrogens (tertiary/aromatic N) is 1. The summed E-state index contributed by atoms with van der Waals surface area (Å²) in [5, 5.41) is 0. The molecule has 0 fully saturated rings. The molecule has 1 N–H and O–H groups in total. The Bertz CT molecular complexity index is 733. The lowest BCUT2D eigenvalue weighted by atomic mass is 9.91. The molecular weight excluding hydrogens is 450 g/mol. The first-order chi connectivity index (χ1) is 12.1. The van der Waals surface area contributed by atoms with Crippen LogP contribution in [-0.4, -0.2) is 33.1 Å². The molecule has 0 amide bonds. The highest BCUT2D eigenvalue weighted by molar-refractivity contribution is 9.10. The molecular formula is C18H23BrF4NO2S+. The Morgan fingerprint density at radius 1 is 1.22 bits per heavy atom. The minimum absolute atomic E-state index is 0.171. The standard InChI is InChI=1S/C18H23BrF4NO2S/c1-7-8-26-17(5,6)18(22,23)15(24-27(25)16(2,3)4)11-9-12(19)14(21)10-13(11)20/h7,9-10,25H,1,8H2,2-6H3/q+1. The average Bonchev–Trinajstić information content (AvgIpc) is 2.53. The summed E-state index contributed by atoms with van der Waals surface area (Å²) in [7, 11) is 0. The molecule has 0 radical (unpaired) electrons. The Morgan fingerprint density at radius 3 is 2.26 bits per heavy atom. The number of rotatable bonds is 7. The predicted octanol–water partition coefficient (Wildman–Crippen LogP) is 5.94. The van der Waals surface area contributed by atoms with Gasteiger partial charge < -0.3 is 4.74 Å². The van der Waals surface area contributed by atoms with E-state index in [4.69, 9.17) is 4.74 Å². The third-order valence-electron chi connectivity index (χ3n) is 3.61. The first-order valence-corrected chi connectivity index (χ1v) is 9.88. The SMILES string of the molecule is C=CCOC(C)(C)C(F)(F)C(=N[S+](O)C(C)(C)C)c1cc(Br)c(F)cc1F. The average molecular weight is 473 g/mol. The van der Waals surface area contributed by atoms with Crippen molar-refractivity contribution in [1.82, 2.24) is 0 Å². The van der Waals surface area contributed by atoms with E-state index in [0.29, 0.717) is 6.07 Å². The highest BCUT2D eigenvalue weighted by atomic mass is 79.9. The second kappa shape index (κ2) is 8.63. The minimum Gasteiger partial charge on any atom is -0.365 e. The molecule has 1 aromatic carbocycles. The summed E-state index contributed by atoms with van der Waals surface area (Å²) in [5.74, 6) is -5.98. The highest BCUT2D eigenvalue weighted by Gasteiger charge is 2.55. The zero-order valence-corrected chi connectivity index (χ0v) is 18.1. The van der Waals surface area contributed by atoms with Crippen molar-refractivity contribution in [2.24, 2.45) is 4.40 Å². The monoisotopic (exact) mass is 472 g/mol. The van der Waals surface area contributed by atoms with Crippen LogP contribution in [0.15, 0.2) is 33.7 Å². The molecule has 3 nitrogen and oxygen atoms in total. The van der Waals surface area contributed by atoms with Gasteiger partial charge in [0.25, 0.3) is 11.4 Å². The minimum atomic E-state index is -3.81. The molecule has 0 spiro atoms. The number of benzene rings is 1. The van der Waals surface area contributed by atoms with Gasteiger partial charge >= 0.3 is 5.92 Å². The Hall–Kier alpha value is -0.900. The van der Waals surface area contributed by atoms with Crippen molar-refractivity contribution in [3.63, 3.8) is 0 Å². The van der Waals surface area contributed by atoms with Crippen molar-refractivity contribution in [1.29, 1.82) is 0 Å². The van der Waals surface area contributed by atoms with E-state index in [1.165, 1.54) is 6.08 Å². The van der Waals surface area contributed by atoms with E-state index in [2.05, 4.69) is 26.9 Å². The van der Waals surface area contributed by atoms with E-state index in [0.717, 1.165) is 19.9 Å². The maximum Gasteiger partial charge on any atom is 0.322 e. The number of halogens is 5. The Kier molecular flexibility index (Phi) is 7.72. The van der Waals surface area contributed by atoms with E-state index in [1.807, 2.05) is 0 Å². The lowest BCUT2D eigenvalue weighted by molar-refractivity contribution is -0.144. The molecule has 0 heterocycles. The smallest absolute Gasteiger partial charge is 0.322 e. The first kappa shape index (κ1) is 24.1. The molecule has 152 valence electrons. The van der Waals surface area contributed by atoms with Crippen LogP contribution < -0.4 is 0 Å². The van der Waals surface area contributed by atoms with Crippen molar-refractivity contribution in [3.8, 4) is 0 Å². The third kappa shape index (κ3) is 5.56. The molecule has 1 rings (SSSR count). The molecule has 0 aliphatic heterocycles. The predicted molar refractivity (Wildman–Crippen MR) is 106 cm³/mol. The Balaban J connectivity index is 3.68. The fraction of sp³-hybridized carbons (Fsp3) is 0.500. The summed E-state index contributed by atoms with van der Waals surface area (Å²) in [6, 6.07) is 1.36. The van der Waals surface area contributed by atoms with Crippen molar-refractivity contribution in [2.75, 3.05) is 6.61 Å². The van der Waals surface area contributed by atoms with E-state index in [9.17, 15) is 13.3 Å². The van der Waals surface area contributed by atoms with Crippen LogP contribution in [0.1, 0.15) is 40.2 Å². The van der Waals surface area contributed by atoms with Gasteiger partial charge in [-0.15, -0.1) is 6.58 Å². The topological polar surface area (TPSA) is 41.8 Å². The zero-order valence-electron chi connectivity index (χ0n) is 15.7. The van der Waals surface area contributed by atoms with E-state index < -0.39 is 50.5 Å². The van der Waals surface area contributed by atoms with Crippen LogP contribution in [0, 0.1) is 11.6 Å². The second-order valence-electron chi connectivity index (χ2n) is 7.25. The van der Waals surface area contributed by atoms with Crippen LogP contribution in [0.4, 0.5) is 17.6 Å². The van der Waals surface area contributed by atoms with Crippen LogP contribution in [0.3, 0.4) is 0 Å². The molecule has 0 saturated carbocycles. The van der Waals surface area contributed by atoms with Crippen LogP contribution >= 0.6 is 15.9 Å². The van der Waals surface area contributed by atoms with Gasteiger partial charge in [0.05, 0.1) is 11.1 Å². The van der Waals surface area contributed by atoms with Crippen molar-refractivity contribution in [2.45, 2.75) is 50.9 Å². The molecule has 1 unspecified atom stereocenters. The normalized spacial score (nSPS) is 15.0. The zero-order chi connectivity index (χ0) is 21.2. The molecule has 1 atom stereocenters. The van der Waals surface area contributed by atoms with Crippen LogP contribution in [0.2, 0.25) is 0 Å². The molecule has 0 saturated heterocycles. The van der Waals surface area contributed by atoms with Gasteiger partial charge in [-0.2, -0.15) is 13.3 Å². The number of hydrogen-bond acceptors (Lipinski definition) is 3. The molecule has 27 heavy (non-hydrogen) atoms. The quantitative estimate of drug-likeness (QED) is 0.175. The summed E-state index contributed by atoms with van der Waals surface area (Å²) in [5.41, 5.74) is -3.75. The molecule has 9 heteroatoms. The molecule has 0 aromatic heterocycles. The van der Waals surface area contributed by atoms with Gasteiger partial charge in [-0.1, -0.05) is 6.08 Å². The summed E-state index contributed by atoms with van der Waals surface area (Å²) >= 11 is 0.998. The molecule has 0 aliphatic carbocycles. The fourth-order valence-electron chi connectivity index (χ4n) is 1.85. The second-order valence-corrected chi connectivity index (χ2v) is 10.0. The number of hydrogen-bond donors (Lipinski definition) is 1. The van der Waals surface area contributed by atoms with Crippen LogP contribution in [0.5, 0.6) is 0 Å². The van der Waals surface area contributed by atoms with Gasteiger partial charge in [-0.05, 0) is 61.0 Å². The summed E-state index contributed by atoms with van der Waals surface area (Å²) < 4.78 is 76.8. The molecule has 1 aromatic rings. The summed E-state index contributed by atoms with van der Waals surface area (Å²) in [6.07, 6.45) is 1.30. The van der Waals surface area contributed by atoms with Gasteiger partial charge in [-0.3, -0.25) is 0 Å². The lowest BCUT2D eigenvalue weighted by Gasteiger charge is -2.34. The largest absolute Gasteiger partial charge is 0.365 e. The van der Waals surface area contributed by atoms with Crippen molar-refractivity contribution < 1.29 is 26.9 Å². The van der Waals surface area contributed by atoms with Gasteiger partial charge in [0.1, 0.15) is 17.2 Å². The van der Waals surface area contributed by atoms with Gasteiger partial charge in [0.2, 0.25) is 0 Å². The van der Waals surface area contributed by atoms with Gasteiger partial charge in [0.15, 0.2) is 10.5 Å². The van der Waals surface area contributed by atoms with Gasteiger partial charge in [0, 0.05) is 11.6 Å². The molecule has 0 bridgehead atoms. The molecule has 0 aliphatic rings. The van der Waals surface area contributed by atoms with E-state index in [-0.39, 0.29) is 11.1 Å². The van der Waals surface area contributed by atoms with E-state index in [1.54, 1.807) is 20.8 Å². The number of alkyl halides is 2. The van der Waals surface area contributed by atoms with Crippen molar-refractivity contribution >= 4 is 33.0 Å². The van der Waals surface area contributed by atoms with E-state index >= 15 is 8.78 Å².